The summed E-state index contributed by atoms with van der Waals surface area (Å²) >= 11 is 0. The Morgan fingerprint density at radius 2 is 1.55 bits per heavy atom. The highest BCUT2D eigenvalue weighted by Gasteiger charge is 2.59. The highest BCUT2D eigenvalue weighted by atomic mass is 19.4. The molecule has 4 aliphatic carbocycles. The zero-order valence-electron chi connectivity index (χ0n) is 17.9. The summed E-state index contributed by atoms with van der Waals surface area (Å²) in [5, 5.41) is 6.13. The quantitative estimate of drug-likeness (QED) is 0.726. The van der Waals surface area contributed by atoms with Crippen LogP contribution in [0.2, 0.25) is 0 Å². The van der Waals surface area contributed by atoms with Crippen molar-refractivity contribution < 1.29 is 22.8 Å². The van der Waals surface area contributed by atoms with E-state index in [1.54, 1.807) is 13.0 Å². The van der Waals surface area contributed by atoms with Crippen LogP contribution < -0.4 is 10.6 Å². The lowest BCUT2D eigenvalue weighted by Crippen LogP contribution is -2.70. The standard InChI is InChI=1S/C22H23F3N6O2/c1-12-26-4-2-15(28-12)18(32)30-20-7-13-6-14(8-20)10-21(9-13,11-20)31-19(33)17-27-5-3-16(29-17)22(23,24)25/h2-5,13-14H,6-11H2,1H3,(H,30,32)(H,31,33). The number of alkyl halides is 3. The summed E-state index contributed by atoms with van der Waals surface area (Å²) in [7, 11) is 0. The molecule has 2 amide bonds. The molecule has 0 aromatic carbocycles. The van der Waals surface area contributed by atoms with E-state index in [-0.39, 0.29) is 11.6 Å². The Hall–Kier alpha value is -3.11. The molecule has 4 aliphatic rings. The number of carbonyl (C=O) groups excluding carboxylic acids is 2. The minimum atomic E-state index is -4.66. The van der Waals surface area contributed by atoms with Gasteiger partial charge in [-0.15, -0.1) is 0 Å². The van der Waals surface area contributed by atoms with Gasteiger partial charge in [0.1, 0.15) is 17.2 Å². The Labute approximate surface area is 187 Å². The first-order valence-corrected chi connectivity index (χ1v) is 10.9. The predicted molar refractivity (Wildman–Crippen MR) is 109 cm³/mol. The number of halogens is 3. The summed E-state index contributed by atoms with van der Waals surface area (Å²) in [5.41, 5.74) is -1.99. The molecule has 0 spiro atoms. The van der Waals surface area contributed by atoms with Gasteiger partial charge in [-0.25, -0.2) is 19.9 Å². The number of amides is 2. The van der Waals surface area contributed by atoms with Gasteiger partial charge < -0.3 is 10.6 Å². The maximum absolute atomic E-state index is 13.0. The van der Waals surface area contributed by atoms with Gasteiger partial charge in [-0.05, 0) is 69.4 Å². The van der Waals surface area contributed by atoms with E-state index in [1.807, 2.05) is 0 Å². The van der Waals surface area contributed by atoms with Gasteiger partial charge >= 0.3 is 6.18 Å². The molecule has 174 valence electrons. The molecule has 4 saturated carbocycles. The third-order valence-corrected chi connectivity index (χ3v) is 6.98. The third-order valence-electron chi connectivity index (χ3n) is 6.98. The fraction of sp³-hybridized carbons (Fsp3) is 0.545. The maximum atomic E-state index is 13.0. The molecule has 8 nitrogen and oxygen atoms in total. The van der Waals surface area contributed by atoms with E-state index in [0.29, 0.717) is 24.1 Å². The number of rotatable bonds is 4. The number of hydrogen-bond acceptors (Lipinski definition) is 6. The molecule has 2 aromatic rings. The maximum Gasteiger partial charge on any atom is 0.433 e. The highest BCUT2D eigenvalue weighted by molar-refractivity contribution is 5.93. The molecule has 6 rings (SSSR count). The molecule has 2 aromatic heterocycles. The highest BCUT2D eigenvalue weighted by Crippen LogP contribution is 2.57. The molecule has 0 radical (unpaired) electrons. The van der Waals surface area contributed by atoms with Crippen LogP contribution in [0.25, 0.3) is 0 Å². The van der Waals surface area contributed by atoms with Crippen LogP contribution in [0.1, 0.15) is 71.2 Å². The number of hydrogen-bond donors (Lipinski definition) is 2. The molecule has 4 bridgehead atoms. The first kappa shape index (κ1) is 21.7. The number of carbonyl (C=O) groups is 2. The van der Waals surface area contributed by atoms with Crippen LogP contribution in [0.4, 0.5) is 13.2 Å². The average molecular weight is 460 g/mol. The summed E-state index contributed by atoms with van der Waals surface area (Å²) in [5.74, 6) is -0.406. The van der Waals surface area contributed by atoms with Crippen molar-refractivity contribution in [1.29, 1.82) is 0 Å². The number of nitrogens with zero attached hydrogens (tertiary/aromatic N) is 4. The van der Waals surface area contributed by atoms with Crippen LogP contribution in [-0.2, 0) is 6.18 Å². The van der Waals surface area contributed by atoms with Crippen molar-refractivity contribution >= 4 is 11.8 Å². The van der Waals surface area contributed by atoms with E-state index >= 15 is 0 Å². The molecule has 0 aliphatic heterocycles. The second-order valence-electron chi connectivity index (χ2n) is 9.68. The second kappa shape index (κ2) is 7.46. The predicted octanol–water partition coefficient (Wildman–Crippen LogP) is 2.85. The van der Waals surface area contributed by atoms with Crippen LogP contribution in [-0.4, -0.2) is 42.8 Å². The average Bonchev–Trinajstić information content (AvgIpc) is 2.71. The van der Waals surface area contributed by atoms with Gasteiger partial charge in [-0.3, -0.25) is 9.59 Å². The lowest BCUT2D eigenvalue weighted by molar-refractivity contribution is -0.141. The van der Waals surface area contributed by atoms with E-state index < -0.39 is 34.7 Å². The summed E-state index contributed by atoms with van der Waals surface area (Å²) in [6.45, 7) is 1.71. The van der Waals surface area contributed by atoms with Crippen LogP contribution in [0, 0.1) is 18.8 Å². The van der Waals surface area contributed by atoms with E-state index in [4.69, 9.17) is 0 Å². The fourth-order valence-corrected chi connectivity index (χ4v) is 6.37. The Morgan fingerprint density at radius 3 is 2.15 bits per heavy atom. The Balaban J connectivity index is 1.37. The number of aromatic nitrogens is 4. The first-order valence-electron chi connectivity index (χ1n) is 10.9. The van der Waals surface area contributed by atoms with Crippen LogP contribution >= 0.6 is 0 Å². The second-order valence-corrected chi connectivity index (χ2v) is 9.68. The van der Waals surface area contributed by atoms with E-state index in [0.717, 1.165) is 44.4 Å². The minimum Gasteiger partial charge on any atom is -0.345 e. The molecular formula is C22H23F3N6O2. The Bertz CT molecular complexity index is 1110. The topological polar surface area (TPSA) is 110 Å². The molecule has 0 saturated heterocycles. The van der Waals surface area contributed by atoms with Crippen molar-refractivity contribution in [3.8, 4) is 0 Å². The molecular weight excluding hydrogens is 437 g/mol. The molecule has 4 fully saturated rings. The monoisotopic (exact) mass is 460 g/mol. The minimum absolute atomic E-state index is 0.286. The zero-order chi connectivity index (χ0) is 23.4. The first-order chi connectivity index (χ1) is 15.5. The van der Waals surface area contributed by atoms with Gasteiger partial charge in [-0.1, -0.05) is 0 Å². The van der Waals surface area contributed by atoms with E-state index in [9.17, 15) is 22.8 Å². The molecule has 2 heterocycles. The molecule has 11 heteroatoms. The summed E-state index contributed by atoms with van der Waals surface area (Å²) in [6.07, 6.45) is 2.39. The zero-order valence-corrected chi connectivity index (χ0v) is 17.9. The largest absolute Gasteiger partial charge is 0.433 e. The molecule has 33 heavy (non-hydrogen) atoms. The van der Waals surface area contributed by atoms with Crippen molar-refractivity contribution in [1.82, 2.24) is 30.6 Å². The van der Waals surface area contributed by atoms with E-state index in [2.05, 4.69) is 30.6 Å². The summed E-state index contributed by atoms with van der Waals surface area (Å²) < 4.78 is 39.0. The van der Waals surface area contributed by atoms with Gasteiger partial charge in [0, 0.05) is 23.5 Å². The Kier molecular flexibility index (Phi) is 4.91. The normalized spacial score (nSPS) is 30.2. The summed E-state index contributed by atoms with van der Waals surface area (Å²) in [6, 6.07) is 2.30. The van der Waals surface area contributed by atoms with Gasteiger partial charge in [0.25, 0.3) is 11.8 Å². The number of nitrogens with one attached hydrogen (secondary N) is 2. The molecule has 2 N–H and O–H groups in total. The van der Waals surface area contributed by atoms with Gasteiger partial charge in [-0.2, -0.15) is 13.2 Å². The smallest absolute Gasteiger partial charge is 0.345 e. The third kappa shape index (κ3) is 4.16. The van der Waals surface area contributed by atoms with Crippen LogP contribution in [0.15, 0.2) is 24.5 Å². The van der Waals surface area contributed by atoms with Crippen molar-refractivity contribution in [2.24, 2.45) is 11.8 Å². The van der Waals surface area contributed by atoms with Crippen molar-refractivity contribution in [2.45, 2.75) is 62.7 Å². The summed E-state index contributed by atoms with van der Waals surface area (Å²) in [4.78, 5) is 41.2. The van der Waals surface area contributed by atoms with Crippen molar-refractivity contribution in [2.75, 3.05) is 0 Å². The SMILES string of the molecule is Cc1nccc(C(=O)NC23CC4CC(C2)CC(NC(=O)c2nccc(C(F)(F)F)n2)(C4)C3)n1. The molecule has 2 atom stereocenters. The van der Waals surface area contributed by atoms with Crippen LogP contribution in [0.5, 0.6) is 0 Å². The lowest BCUT2D eigenvalue weighted by Gasteiger charge is -2.62. The van der Waals surface area contributed by atoms with Crippen molar-refractivity contribution in [3.63, 3.8) is 0 Å². The van der Waals surface area contributed by atoms with Gasteiger partial charge in [0.15, 0.2) is 0 Å². The van der Waals surface area contributed by atoms with Gasteiger partial charge in [0.2, 0.25) is 5.82 Å². The molecule has 2 unspecified atom stereocenters. The number of aryl methyl sites for hydroxylation is 1. The lowest BCUT2D eigenvalue weighted by atomic mass is 9.50. The van der Waals surface area contributed by atoms with E-state index in [1.165, 1.54) is 6.20 Å². The van der Waals surface area contributed by atoms with Crippen molar-refractivity contribution in [3.05, 3.63) is 47.6 Å². The fourth-order valence-electron chi connectivity index (χ4n) is 6.37. The van der Waals surface area contributed by atoms with Gasteiger partial charge in [0.05, 0.1) is 0 Å². The Morgan fingerprint density at radius 1 is 0.939 bits per heavy atom. The van der Waals surface area contributed by atoms with Crippen LogP contribution in [0.3, 0.4) is 0 Å².